The fraction of sp³-hybridized carbons (Fsp3) is 0.818. The van der Waals surface area contributed by atoms with E-state index in [1.807, 2.05) is 0 Å². The Morgan fingerprint density at radius 3 is 2.29 bits per heavy atom. The second-order valence-electron chi connectivity index (χ2n) is 5.67. The van der Waals surface area contributed by atoms with Crippen LogP contribution in [0.1, 0.15) is 27.7 Å². The number of morpholine rings is 1. The zero-order valence-corrected chi connectivity index (χ0v) is 10.6. The molecule has 1 fully saturated rings. The number of carbonyl (C=O) groups excluding carboxylic acids is 1. The van der Waals surface area contributed by atoms with E-state index in [0.29, 0.717) is 0 Å². The molecule has 6 nitrogen and oxygen atoms in total. The van der Waals surface area contributed by atoms with E-state index in [9.17, 15) is 14.7 Å². The van der Waals surface area contributed by atoms with Crippen LogP contribution in [0.25, 0.3) is 0 Å². The number of quaternary nitrogens is 1. The van der Waals surface area contributed by atoms with Gasteiger partial charge in [-0.15, -0.1) is 0 Å². The molecule has 1 heterocycles. The number of aliphatic carboxylic acids is 1. The summed E-state index contributed by atoms with van der Waals surface area (Å²) in [6.07, 6.45) is -1.26. The van der Waals surface area contributed by atoms with E-state index in [1.54, 1.807) is 20.8 Å². The van der Waals surface area contributed by atoms with Crippen LogP contribution in [0.15, 0.2) is 0 Å². The first kappa shape index (κ1) is 13.9. The number of carbonyl (C=O) groups is 2. The molecule has 2 atom stereocenters. The topological polar surface area (TPSA) is 86.7 Å². The molecule has 1 rings (SSSR count). The maximum atomic E-state index is 11.4. The Bertz CT molecular complexity index is 348. The van der Waals surface area contributed by atoms with Gasteiger partial charge in [0.1, 0.15) is 13.1 Å². The monoisotopic (exact) mass is 245 g/mol. The molecule has 0 aromatic rings. The lowest BCUT2D eigenvalue weighted by atomic mass is 9.94. The van der Waals surface area contributed by atoms with Crippen molar-refractivity contribution in [2.75, 3.05) is 19.7 Å². The molecule has 0 saturated carbocycles. The molecule has 1 aliphatic rings. The van der Waals surface area contributed by atoms with Gasteiger partial charge in [0, 0.05) is 0 Å². The molecule has 0 aromatic heterocycles. The summed E-state index contributed by atoms with van der Waals surface area (Å²) in [5, 5.41) is 20.6. The van der Waals surface area contributed by atoms with Crippen molar-refractivity contribution in [3.05, 3.63) is 0 Å². The minimum absolute atomic E-state index is 0.0913. The molecule has 1 saturated heterocycles. The normalized spacial score (nSPS) is 34.4. The summed E-state index contributed by atoms with van der Waals surface area (Å²) < 4.78 is 4.81. The number of amides is 1. The van der Waals surface area contributed by atoms with Gasteiger partial charge in [-0.05, 0) is 27.7 Å². The van der Waals surface area contributed by atoms with Gasteiger partial charge in [0.05, 0.1) is 12.1 Å². The van der Waals surface area contributed by atoms with Crippen LogP contribution in [0, 0.1) is 0 Å². The second-order valence-corrected chi connectivity index (χ2v) is 5.67. The van der Waals surface area contributed by atoms with E-state index in [2.05, 4.69) is 0 Å². The largest absolute Gasteiger partial charge is 0.498 e. The summed E-state index contributed by atoms with van der Waals surface area (Å²) in [6, 6.07) is 0. The molecule has 0 spiro atoms. The number of hydrogen-bond acceptors (Lipinski definition) is 4. The lowest BCUT2D eigenvalue weighted by Crippen LogP contribution is -2.75. The van der Waals surface area contributed by atoms with Crippen LogP contribution in [0.5, 0.6) is 0 Å². The average molecular weight is 245 g/mol. The highest BCUT2D eigenvalue weighted by Gasteiger charge is 2.54. The number of hydrogen-bond donors (Lipinski definition) is 1. The van der Waals surface area contributed by atoms with Crippen LogP contribution in [-0.2, 0) is 9.53 Å². The summed E-state index contributed by atoms with van der Waals surface area (Å²) >= 11 is 0. The van der Waals surface area contributed by atoms with Gasteiger partial charge in [-0.2, -0.15) is 0 Å². The Morgan fingerprint density at radius 2 is 1.94 bits per heavy atom. The standard InChI is InChI=1S/C11H19NO5/c1-10(2,3)12(9(15)16)5-6-17-11(4,7-12)8(13)14/h5-7H2,1-4H3,(H-,13,14,15,16). The highest BCUT2D eigenvalue weighted by molar-refractivity contribution is 5.77. The van der Waals surface area contributed by atoms with Gasteiger partial charge in [-0.25, -0.2) is 4.79 Å². The fourth-order valence-electron chi connectivity index (χ4n) is 2.20. The lowest BCUT2D eigenvalue weighted by Gasteiger charge is -2.53. The first-order valence-electron chi connectivity index (χ1n) is 5.51. The van der Waals surface area contributed by atoms with E-state index in [-0.39, 0.29) is 19.7 Å². The van der Waals surface area contributed by atoms with Crippen molar-refractivity contribution in [3.63, 3.8) is 0 Å². The Kier molecular flexibility index (Phi) is 3.24. The Morgan fingerprint density at radius 1 is 1.41 bits per heavy atom. The molecular weight excluding hydrogens is 226 g/mol. The van der Waals surface area contributed by atoms with Crippen molar-refractivity contribution >= 4 is 12.1 Å². The minimum atomic E-state index is -1.48. The van der Waals surface area contributed by atoms with E-state index in [0.717, 1.165) is 0 Å². The predicted octanol–water partition coefficient (Wildman–Crippen LogP) is -0.181. The van der Waals surface area contributed by atoms with Crippen LogP contribution in [-0.4, -0.2) is 52.5 Å². The molecule has 1 N–H and O–H groups in total. The zero-order valence-electron chi connectivity index (χ0n) is 10.6. The highest BCUT2D eigenvalue weighted by Crippen LogP contribution is 2.32. The van der Waals surface area contributed by atoms with Gasteiger partial charge in [-0.1, -0.05) is 0 Å². The van der Waals surface area contributed by atoms with Crippen molar-refractivity contribution in [1.29, 1.82) is 0 Å². The van der Waals surface area contributed by atoms with Crippen molar-refractivity contribution in [2.24, 2.45) is 0 Å². The van der Waals surface area contributed by atoms with Crippen molar-refractivity contribution in [3.8, 4) is 0 Å². The van der Waals surface area contributed by atoms with Crippen molar-refractivity contribution in [2.45, 2.75) is 38.8 Å². The molecule has 0 aliphatic carbocycles. The molecule has 1 aliphatic heterocycles. The number of nitrogens with zero attached hydrogens (tertiary/aromatic N) is 1. The van der Waals surface area contributed by atoms with Crippen LogP contribution >= 0.6 is 0 Å². The summed E-state index contributed by atoms with van der Waals surface area (Å²) in [6.45, 7) is 6.86. The molecule has 6 heteroatoms. The van der Waals surface area contributed by atoms with Crippen LogP contribution in [0.2, 0.25) is 0 Å². The van der Waals surface area contributed by atoms with E-state index < -0.39 is 27.7 Å². The smallest absolute Gasteiger partial charge is 0.341 e. The Balaban J connectivity index is 3.18. The second kappa shape index (κ2) is 3.96. The third-order valence-corrected chi connectivity index (χ3v) is 3.55. The molecule has 0 radical (unpaired) electrons. The number of carboxylic acids is 1. The maximum Gasteiger partial charge on any atom is 0.341 e. The van der Waals surface area contributed by atoms with Gasteiger partial charge >= 0.3 is 5.97 Å². The fourth-order valence-corrected chi connectivity index (χ4v) is 2.20. The molecular formula is C11H19NO5. The van der Waals surface area contributed by atoms with Gasteiger partial charge in [0.2, 0.25) is 5.60 Å². The summed E-state index contributed by atoms with van der Waals surface area (Å²) in [7, 11) is 0. The minimum Gasteiger partial charge on any atom is -0.498 e. The molecule has 1 amide bonds. The third-order valence-electron chi connectivity index (χ3n) is 3.55. The van der Waals surface area contributed by atoms with Crippen LogP contribution in [0.3, 0.4) is 0 Å². The third kappa shape index (κ3) is 2.14. The molecule has 2 unspecified atom stereocenters. The number of carboxylic acid groups (broad SMARTS) is 2. The summed E-state index contributed by atoms with van der Waals surface area (Å²) in [5.41, 5.74) is -2.12. The Labute approximate surface area is 100 Å². The summed E-state index contributed by atoms with van der Waals surface area (Å²) in [5.74, 6) is -1.15. The quantitative estimate of drug-likeness (QED) is 0.647. The first-order valence-corrected chi connectivity index (χ1v) is 5.51. The maximum absolute atomic E-state index is 11.4. The van der Waals surface area contributed by atoms with Crippen molar-refractivity contribution in [1.82, 2.24) is 0 Å². The van der Waals surface area contributed by atoms with E-state index in [1.165, 1.54) is 6.92 Å². The molecule has 98 valence electrons. The highest BCUT2D eigenvalue weighted by atomic mass is 16.5. The van der Waals surface area contributed by atoms with E-state index >= 15 is 0 Å². The molecule has 17 heavy (non-hydrogen) atoms. The van der Waals surface area contributed by atoms with Crippen LogP contribution in [0.4, 0.5) is 4.79 Å². The molecule has 0 aromatic carbocycles. The van der Waals surface area contributed by atoms with Gasteiger partial charge in [0.15, 0.2) is 0 Å². The van der Waals surface area contributed by atoms with Gasteiger partial charge < -0.3 is 19.7 Å². The predicted molar refractivity (Wildman–Crippen MR) is 57.1 cm³/mol. The average Bonchev–Trinajstić information content (AvgIpc) is 2.15. The lowest BCUT2D eigenvalue weighted by molar-refractivity contribution is -0.931. The van der Waals surface area contributed by atoms with Crippen molar-refractivity contribution < 1.29 is 29.0 Å². The number of rotatable bonds is 1. The van der Waals surface area contributed by atoms with Gasteiger partial charge in [0.25, 0.3) is 6.09 Å². The SMILES string of the molecule is CC1(C(=O)O)C[N+](C(=O)[O-])(C(C)(C)C)CCO1. The van der Waals surface area contributed by atoms with Gasteiger partial charge in [-0.3, -0.25) is 4.48 Å². The van der Waals surface area contributed by atoms with Crippen LogP contribution < -0.4 is 5.11 Å². The summed E-state index contributed by atoms with van der Waals surface area (Å²) in [4.78, 5) is 22.6. The molecule has 0 bridgehead atoms. The van der Waals surface area contributed by atoms with E-state index in [4.69, 9.17) is 9.84 Å². The Hall–Kier alpha value is -1.14. The first-order chi connectivity index (χ1) is 7.55. The number of ether oxygens (including phenoxy) is 1. The zero-order chi connectivity index (χ0) is 13.5.